The average Bonchev–Trinajstić information content (AvgIpc) is 2.82. The van der Waals surface area contributed by atoms with Crippen LogP contribution in [0.1, 0.15) is 50.5 Å². The van der Waals surface area contributed by atoms with Crippen LogP contribution >= 0.6 is 0 Å². The maximum Gasteiger partial charge on any atom is 0.119 e. The highest BCUT2D eigenvalue weighted by Gasteiger charge is 2.17. The summed E-state index contributed by atoms with van der Waals surface area (Å²) in [5.41, 5.74) is 1.36. The minimum atomic E-state index is 0.462. The molecule has 1 aromatic rings. The molecule has 3 rings (SSSR count). The van der Waals surface area contributed by atoms with Crippen molar-refractivity contribution >= 4 is 0 Å². The Kier molecular flexibility index (Phi) is 3.84. The maximum atomic E-state index is 5.97. The van der Waals surface area contributed by atoms with Gasteiger partial charge in [0.15, 0.2) is 0 Å². The predicted octanol–water partition coefficient (Wildman–Crippen LogP) is 3.65. The largest absolute Gasteiger partial charge is 0.490 e. The smallest absolute Gasteiger partial charge is 0.119 e. The molecule has 2 aliphatic rings. The quantitative estimate of drug-likeness (QED) is 0.855. The molecule has 0 aromatic heterocycles. The van der Waals surface area contributed by atoms with Crippen molar-refractivity contribution in [3.05, 3.63) is 29.8 Å². The van der Waals surface area contributed by atoms with Crippen molar-refractivity contribution in [1.29, 1.82) is 0 Å². The minimum Gasteiger partial charge on any atom is -0.490 e. The minimum absolute atomic E-state index is 0.462. The van der Waals surface area contributed by atoms with E-state index >= 15 is 0 Å². The first-order valence-electron chi connectivity index (χ1n) is 7.39. The zero-order valence-corrected chi connectivity index (χ0v) is 11.0. The van der Waals surface area contributed by atoms with Gasteiger partial charge in [0.2, 0.25) is 0 Å². The van der Waals surface area contributed by atoms with Crippen molar-refractivity contribution in [2.24, 2.45) is 0 Å². The van der Waals surface area contributed by atoms with Crippen LogP contribution in [0.2, 0.25) is 0 Å². The van der Waals surface area contributed by atoms with Gasteiger partial charge in [-0.2, -0.15) is 0 Å². The normalized spacial score (nSPS) is 20.9. The molecule has 0 aliphatic heterocycles. The van der Waals surface area contributed by atoms with Crippen LogP contribution in [0.15, 0.2) is 24.3 Å². The molecular formula is C16H23NO. The fourth-order valence-electron chi connectivity index (χ4n) is 2.76. The van der Waals surface area contributed by atoms with Crippen LogP contribution in [-0.4, -0.2) is 12.1 Å². The Morgan fingerprint density at radius 2 is 1.67 bits per heavy atom. The molecule has 18 heavy (non-hydrogen) atoms. The summed E-state index contributed by atoms with van der Waals surface area (Å²) in [6, 6.07) is 9.39. The highest BCUT2D eigenvalue weighted by Crippen LogP contribution is 2.24. The number of hydrogen-bond donors (Lipinski definition) is 1. The van der Waals surface area contributed by atoms with Crippen LogP contribution in [-0.2, 0) is 6.54 Å². The van der Waals surface area contributed by atoms with E-state index in [0.717, 1.165) is 18.3 Å². The summed E-state index contributed by atoms with van der Waals surface area (Å²) in [7, 11) is 0. The van der Waals surface area contributed by atoms with Crippen molar-refractivity contribution in [2.75, 3.05) is 0 Å². The van der Waals surface area contributed by atoms with Crippen LogP contribution in [0.25, 0.3) is 0 Å². The molecule has 0 spiro atoms. The van der Waals surface area contributed by atoms with E-state index in [1.54, 1.807) is 0 Å². The van der Waals surface area contributed by atoms with Gasteiger partial charge in [0, 0.05) is 12.6 Å². The Balaban J connectivity index is 1.48. The van der Waals surface area contributed by atoms with Gasteiger partial charge in [-0.05, 0) is 56.2 Å². The van der Waals surface area contributed by atoms with Gasteiger partial charge in [0.1, 0.15) is 5.75 Å². The van der Waals surface area contributed by atoms with Gasteiger partial charge in [0.05, 0.1) is 6.10 Å². The first-order chi connectivity index (χ1) is 8.90. The lowest BCUT2D eigenvalue weighted by atomic mass is 9.93. The molecule has 2 nitrogen and oxygen atoms in total. The number of hydrogen-bond acceptors (Lipinski definition) is 2. The number of rotatable bonds is 5. The molecule has 1 aromatic carbocycles. The summed E-state index contributed by atoms with van der Waals surface area (Å²) >= 11 is 0. The fraction of sp³-hybridized carbons (Fsp3) is 0.625. The summed E-state index contributed by atoms with van der Waals surface area (Å²) in [5.74, 6) is 1.04. The van der Waals surface area contributed by atoms with Gasteiger partial charge in [-0.25, -0.2) is 0 Å². The van der Waals surface area contributed by atoms with Gasteiger partial charge in [0.25, 0.3) is 0 Å². The first kappa shape index (κ1) is 12.0. The lowest BCUT2D eigenvalue weighted by Gasteiger charge is -2.26. The molecule has 0 heterocycles. The molecule has 0 unspecified atom stereocenters. The zero-order valence-electron chi connectivity index (χ0n) is 11.0. The number of benzene rings is 1. The summed E-state index contributed by atoms with van der Waals surface area (Å²) in [6.07, 6.45) is 9.67. The highest BCUT2D eigenvalue weighted by atomic mass is 16.5. The summed E-state index contributed by atoms with van der Waals surface area (Å²) in [5, 5.41) is 3.59. The molecule has 2 heteroatoms. The lowest BCUT2D eigenvalue weighted by Crippen LogP contribution is -2.34. The summed E-state index contributed by atoms with van der Waals surface area (Å²) in [4.78, 5) is 0. The van der Waals surface area contributed by atoms with Crippen LogP contribution < -0.4 is 10.1 Å². The third kappa shape index (κ3) is 3.05. The van der Waals surface area contributed by atoms with Crippen molar-refractivity contribution in [3.63, 3.8) is 0 Å². The molecule has 2 aliphatic carbocycles. The van der Waals surface area contributed by atoms with Gasteiger partial charge in [-0.3, -0.25) is 0 Å². The van der Waals surface area contributed by atoms with Gasteiger partial charge in [-0.15, -0.1) is 0 Å². The van der Waals surface area contributed by atoms with E-state index in [1.165, 1.54) is 50.5 Å². The van der Waals surface area contributed by atoms with E-state index in [0.29, 0.717) is 6.10 Å². The van der Waals surface area contributed by atoms with Crippen LogP contribution in [0.5, 0.6) is 5.75 Å². The SMILES string of the molecule is c1cc(OC2CCCC2)ccc1CNC1CCC1. The molecule has 0 amide bonds. The van der Waals surface area contributed by atoms with E-state index in [2.05, 4.69) is 29.6 Å². The molecule has 1 N–H and O–H groups in total. The number of nitrogens with one attached hydrogen (secondary N) is 1. The van der Waals surface area contributed by atoms with Crippen molar-refractivity contribution < 1.29 is 4.74 Å². The highest BCUT2D eigenvalue weighted by molar-refractivity contribution is 5.27. The lowest BCUT2D eigenvalue weighted by molar-refractivity contribution is 0.210. The van der Waals surface area contributed by atoms with Crippen molar-refractivity contribution in [1.82, 2.24) is 5.32 Å². The van der Waals surface area contributed by atoms with Crippen molar-refractivity contribution in [3.8, 4) is 5.75 Å². The Morgan fingerprint density at radius 1 is 0.944 bits per heavy atom. The van der Waals surface area contributed by atoms with E-state index in [-0.39, 0.29) is 0 Å². The average molecular weight is 245 g/mol. The third-order valence-corrected chi connectivity index (χ3v) is 4.23. The van der Waals surface area contributed by atoms with E-state index < -0.39 is 0 Å². The van der Waals surface area contributed by atoms with Gasteiger partial charge >= 0.3 is 0 Å². The van der Waals surface area contributed by atoms with Crippen LogP contribution in [0.4, 0.5) is 0 Å². The topological polar surface area (TPSA) is 21.3 Å². The molecule has 2 fully saturated rings. The Morgan fingerprint density at radius 3 is 2.28 bits per heavy atom. The van der Waals surface area contributed by atoms with Gasteiger partial charge in [-0.1, -0.05) is 18.6 Å². The Hall–Kier alpha value is -1.02. The first-order valence-corrected chi connectivity index (χ1v) is 7.39. The van der Waals surface area contributed by atoms with E-state index in [1.807, 2.05) is 0 Å². The second-order valence-corrected chi connectivity index (χ2v) is 5.68. The van der Waals surface area contributed by atoms with Crippen LogP contribution in [0.3, 0.4) is 0 Å². The molecule has 0 atom stereocenters. The van der Waals surface area contributed by atoms with Crippen LogP contribution in [0, 0.1) is 0 Å². The van der Waals surface area contributed by atoms with Gasteiger partial charge < -0.3 is 10.1 Å². The summed E-state index contributed by atoms with van der Waals surface area (Å²) in [6.45, 7) is 0.994. The second kappa shape index (κ2) is 5.75. The van der Waals surface area contributed by atoms with E-state index in [9.17, 15) is 0 Å². The molecule has 0 bridgehead atoms. The molecule has 98 valence electrons. The maximum absolute atomic E-state index is 5.97. The standard InChI is InChI=1S/C16H23NO/c1-2-7-15(6-1)18-16-10-8-13(9-11-16)12-17-14-4-3-5-14/h8-11,14-15,17H,1-7,12H2. The molecule has 0 saturated heterocycles. The molecular weight excluding hydrogens is 222 g/mol. The predicted molar refractivity (Wildman–Crippen MR) is 73.8 cm³/mol. The molecule has 2 saturated carbocycles. The monoisotopic (exact) mass is 245 g/mol. The Labute approximate surface area is 110 Å². The van der Waals surface area contributed by atoms with Crippen molar-refractivity contribution in [2.45, 2.75) is 63.6 Å². The third-order valence-electron chi connectivity index (χ3n) is 4.23. The summed E-state index contributed by atoms with van der Waals surface area (Å²) < 4.78 is 5.97. The second-order valence-electron chi connectivity index (χ2n) is 5.68. The number of ether oxygens (including phenoxy) is 1. The zero-order chi connectivity index (χ0) is 12.2. The van der Waals surface area contributed by atoms with E-state index in [4.69, 9.17) is 4.74 Å². The fourth-order valence-corrected chi connectivity index (χ4v) is 2.76. The molecule has 0 radical (unpaired) electrons. The Bertz CT molecular complexity index is 363.